The molecule has 1 aromatic rings. The van der Waals surface area contributed by atoms with Gasteiger partial charge in [0.15, 0.2) is 22.9 Å². The fraction of sp³-hybridized carbons (Fsp3) is 0.850. The topological polar surface area (TPSA) is 122 Å². The molecule has 0 amide bonds. The van der Waals surface area contributed by atoms with Crippen molar-refractivity contribution in [3.05, 3.63) is 16.8 Å². The number of hydrogen-bond acceptors (Lipinski definition) is 8. The first-order chi connectivity index (χ1) is 13.9. The lowest BCUT2D eigenvalue weighted by Crippen LogP contribution is -2.50. The number of nitrogen functional groups attached to an aromatic ring is 1. The van der Waals surface area contributed by atoms with Crippen molar-refractivity contribution < 1.29 is 18.7 Å². The van der Waals surface area contributed by atoms with Gasteiger partial charge in [0.05, 0.1) is 6.61 Å². The van der Waals surface area contributed by atoms with Crippen LogP contribution < -0.4 is 11.4 Å². The second kappa shape index (κ2) is 8.67. The predicted octanol–water partition coefficient (Wildman–Crippen LogP) is 2.89. The summed E-state index contributed by atoms with van der Waals surface area (Å²) >= 11 is 0. The molecule has 1 fully saturated rings. The van der Waals surface area contributed by atoms with Gasteiger partial charge in [-0.15, -0.1) is 0 Å². The van der Waals surface area contributed by atoms with Crippen LogP contribution in [0.25, 0.3) is 0 Å². The van der Waals surface area contributed by atoms with Gasteiger partial charge in [-0.05, 0) is 36.3 Å². The number of rotatable bonds is 6. The van der Waals surface area contributed by atoms with Crippen LogP contribution in [-0.2, 0) is 13.6 Å². The highest BCUT2D eigenvalue weighted by molar-refractivity contribution is 6.74. The number of nitrogens with two attached hydrogens (primary N) is 1. The fourth-order valence-electron chi connectivity index (χ4n) is 2.76. The molecule has 0 unspecified atom stereocenters. The Morgan fingerprint density at radius 2 is 1.68 bits per heavy atom. The molecule has 0 aliphatic carbocycles. The smallest absolute Gasteiger partial charge is 0.354 e. The van der Waals surface area contributed by atoms with E-state index in [9.17, 15) is 9.90 Å². The maximum atomic E-state index is 12.5. The maximum Gasteiger partial charge on any atom is 0.354 e. The van der Waals surface area contributed by atoms with Gasteiger partial charge in [-0.3, -0.25) is 4.57 Å². The number of ether oxygens (including phenoxy) is 1. The van der Waals surface area contributed by atoms with Crippen molar-refractivity contribution >= 4 is 22.6 Å². The molecule has 3 N–H and O–H groups in total. The molecule has 1 aliphatic rings. The van der Waals surface area contributed by atoms with Gasteiger partial charge in [0.1, 0.15) is 24.6 Å². The summed E-state index contributed by atoms with van der Waals surface area (Å²) in [6, 6.07) is 0. The summed E-state index contributed by atoms with van der Waals surface area (Å²) in [7, 11) is -4.34. The first kappa shape index (κ1) is 26.1. The summed E-state index contributed by atoms with van der Waals surface area (Å²) in [6.45, 7) is 21.5. The minimum absolute atomic E-state index is 0.0226. The molecule has 1 saturated heterocycles. The van der Waals surface area contributed by atoms with Gasteiger partial charge < -0.3 is 24.4 Å². The molecule has 2 rings (SSSR count). The highest BCUT2D eigenvalue weighted by Crippen LogP contribution is 2.42. The van der Waals surface area contributed by atoms with E-state index in [0.717, 1.165) is 0 Å². The molecule has 0 spiro atoms. The molecule has 11 heteroatoms. The van der Waals surface area contributed by atoms with Crippen LogP contribution in [0.4, 0.5) is 5.95 Å². The number of aromatic nitrogens is 3. The number of hydrogen-bond donors (Lipinski definition) is 2. The lowest BCUT2D eigenvalue weighted by atomic mass is 10.1. The quantitative estimate of drug-likeness (QED) is 0.606. The Balaban J connectivity index is 2.36. The summed E-state index contributed by atoms with van der Waals surface area (Å²) in [5.74, 6) is -0.112. The second-order valence-electron chi connectivity index (χ2n) is 11.4. The van der Waals surface area contributed by atoms with Crippen LogP contribution in [0.15, 0.2) is 11.1 Å². The van der Waals surface area contributed by atoms with E-state index in [-0.39, 0.29) is 22.6 Å². The van der Waals surface area contributed by atoms with E-state index in [1.54, 1.807) is 0 Å². The third-order valence-electron chi connectivity index (χ3n) is 6.98. The Labute approximate surface area is 187 Å². The average Bonchev–Trinajstić information content (AvgIpc) is 2.87. The zero-order valence-electron chi connectivity index (χ0n) is 20.6. The standard InChI is InChI=1S/C20H40N4O5Si2/c1-19(2,3)30(7,8)27-11-13-14(25)15(29-31(9,10)20(4,5)6)16(28-13)24-12-22-17(21)23-18(24)26/h12-16,25H,11H2,1-10H3,(H2,21,23,26)/t13-,14-,15-,16-/m1/s1. The normalized spacial score (nSPS) is 25.8. The first-order valence-electron chi connectivity index (χ1n) is 10.7. The molecule has 178 valence electrons. The van der Waals surface area contributed by atoms with Gasteiger partial charge in [0.2, 0.25) is 5.95 Å². The molecule has 4 atom stereocenters. The van der Waals surface area contributed by atoms with Gasteiger partial charge in [-0.25, -0.2) is 9.78 Å². The molecular formula is C20H40N4O5Si2. The minimum atomic E-state index is -2.29. The molecule has 0 aromatic carbocycles. The van der Waals surface area contributed by atoms with E-state index >= 15 is 0 Å². The van der Waals surface area contributed by atoms with E-state index in [0.29, 0.717) is 0 Å². The predicted molar refractivity (Wildman–Crippen MR) is 126 cm³/mol. The first-order valence-corrected chi connectivity index (χ1v) is 16.5. The van der Waals surface area contributed by atoms with Gasteiger partial charge in [0.25, 0.3) is 0 Å². The molecule has 1 aromatic heterocycles. The van der Waals surface area contributed by atoms with Crippen LogP contribution in [0, 0.1) is 0 Å². The van der Waals surface area contributed by atoms with Gasteiger partial charge in [-0.2, -0.15) is 4.98 Å². The largest absolute Gasteiger partial charge is 0.414 e. The van der Waals surface area contributed by atoms with E-state index in [1.165, 1.54) is 10.9 Å². The molecule has 1 aliphatic heterocycles. The van der Waals surface area contributed by atoms with Crippen molar-refractivity contribution in [1.29, 1.82) is 0 Å². The van der Waals surface area contributed by atoms with Crippen molar-refractivity contribution in [2.45, 2.75) is 102 Å². The van der Waals surface area contributed by atoms with Crippen LogP contribution >= 0.6 is 0 Å². The number of anilines is 1. The third kappa shape index (κ3) is 5.63. The van der Waals surface area contributed by atoms with Crippen molar-refractivity contribution in [3.63, 3.8) is 0 Å². The fourth-order valence-corrected chi connectivity index (χ4v) is 5.06. The SMILES string of the molecule is CC(C)(C)[Si](C)(C)OC[C@H]1O[C@@H](n2cnc(N)nc2=O)[C@H](O[Si](C)(C)C(C)(C)C)[C@@H]1O. The average molecular weight is 473 g/mol. The number of nitrogens with zero attached hydrogens (tertiary/aromatic N) is 3. The summed E-state index contributed by atoms with van der Waals surface area (Å²) in [4.78, 5) is 20.1. The van der Waals surface area contributed by atoms with Crippen LogP contribution in [0.2, 0.25) is 36.3 Å². The van der Waals surface area contributed by atoms with Crippen molar-refractivity contribution in [2.24, 2.45) is 0 Å². The monoisotopic (exact) mass is 472 g/mol. The Kier molecular flexibility index (Phi) is 7.31. The van der Waals surface area contributed by atoms with Gasteiger partial charge in [-0.1, -0.05) is 41.5 Å². The summed E-state index contributed by atoms with van der Waals surface area (Å²) in [5.41, 5.74) is 4.95. The lowest BCUT2D eigenvalue weighted by Gasteiger charge is -2.40. The number of aliphatic hydroxyl groups excluding tert-OH is 1. The summed E-state index contributed by atoms with van der Waals surface area (Å²) in [5, 5.41) is 11.1. The minimum Gasteiger partial charge on any atom is -0.414 e. The highest BCUT2D eigenvalue weighted by Gasteiger charge is 2.51. The third-order valence-corrected chi connectivity index (χ3v) is 16.0. The molecule has 0 saturated carbocycles. The van der Waals surface area contributed by atoms with E-state index in [1.807, 2.05) is 0 Å². The highest BCUT2D eigenvalue weighted by atomic mass is 28.4. The van der Waals surface area contributed by atoms with E-state index in [4.69, 9.17) is 19.3 Å². The van der Waals surface area contributed by atoms with Crippen molar-refractivity contribution in [1.82, 2.24) is 14.5 Å². The summed E-state index contributed by atoms with van der Waals surface area (Å²) < 4.78 is 20.2. The van der Waals surface area contributed by atoms with Crippen LogP contribution in [0.1, 0.15) is 47.8 Å². The van der Waals surface area contributed by atoms with Gasteiger partial charge >= 0.3 is 5.69 Å². The van der Waals surface area contributed by atoms with Crippen LogP contribution in [-0.4, -0.2) is 61.2 Å². The molecule has 31 heavy (non-hydrogen) atoms. The van der Waals surface area contributed by atoms with Crippen LogP contribution in [0.5, 0.6) is 0 Å². The van der Waals surface area contributed by atoms with Crippen molar-refractivity contribution in [2.75, 3.05) is 12.3 Å². The zero-order chi connectivity index (χ0) is 24.0. The molecule has 2 heterocycles. The molecule has 0 radical (unpaired) electrons. The lowest BCUT2D eigenvalue weighted by molar-refractivity contribution is -0.0518. The Morgan fingerprint density at radius 3 is 2.16 bits per heavy atom. The second-order valence-corrected chi connectivity index (χ2v) is 20.9. The van der Waals surface area contributed by atoms with Gasteiger partial charge in [0, 0.05) is 0 Å². The molecular weight excluding hydrogens is 432 g/mol. The number of aliphatic hydroxyl groups is 1. The van der Waals surface area contributed by atoms with E-state index < -0.39 is 46.9 Å². The molecule has 0 bridgehead atoms. The summed E-state index contributed by atoms with van der Waals surface area (Å²) in [6.07, 6.45) is -1.93. The maximum absolute atomic E-state index is 12.5. The Morgan fingerprint density at radius 1 is 1.13 bits per heavy atom. The molecule has 9 nitrogen and oxygen atoms in total. The van der Waals surface area contributed by atoms with Crippen LogP contribution in [0.3, 0.4) is 0 Å². The van der Waals surface area contributed by atoms with E-state index in [2.05, 4.69) is 77.7 Å². The Bertz CT molecular complexity index is 832. The van der Waals surface area contributed by atoms with Crippen molar-refractivity contribution in [3.8, 4) is 0 Å². The zero-order valence-corrected chi connectivity index (χ0v) is 22.6. The Hall–Kier alpha value is -1.12.